The molecule has 0 spiro atoms. The van der Waals surface area contributed by atoms with Crippen LogP contribution in [0.15, 0.2) is 79.1 Å². The fraction of sp³-hybridized carbons (Fsp3) is 0.214. The van der Waals surface area contributed by atoms with Crippen molar-refractivity contribution in [3.8, 4) is 5.82 Å². The van der Waals surface area contributed by atoms with Gasteiger partial charge in [0.25, 0.3) is 5.91 Å². The number of halogens is 1. The highest BCUT2D eigenvalue weighted by molar-refractivity contribution is 5.91. The summed E-state index contributed by atoms with van der Waals surface area (Å²) in [5, 5.41) is 27.3. The second kappa shape index (κ2) is 11.2. The number of hydrogen-bond donors (Lipinski definition) is 3. The van der Waals surface area contributed by atoms with Crippen LogP contribution in [0.5, 0.6) is 0 Å². The SMILES string of the molecule is NC(=O)C(O)C(Cc1ccccc1)[NH+]([O-])C(=O)c1cccnc1-n1ccc(CN2Cc3cccc(F)c3C2)n1. The number of nitrogens with one attached hydrogen (secondary N) is 1. The molecule has 0 bridgehead atoms. The largest absolute Gasteiger partial charge is 0.626 e. The van der Waals surface area contributed by atoms with Gasteiger partial charge in [-0.1, -0.05) is 42.5 Å². The van der Waals surface area contributed by atoms with Crippen LogP contribution in [0.2, 0.25) is 0 Å². The zero-order chi connectivity index (χ0) is 27.5. The van der Waals surface area contributed by atoms with Gasteiger partial charge in [0.15, 0.2) is 11.9 Å². The Hall–Kier alpha value is -4.29. The average molecular weight is 531 g/mol. The summed E-state index contributed by atoms with van der Waals surface area (Å²) in [5.74, 6) is -2.11. The van der Waals surface area contributed by atoms with Crippen molar-refractivity contribution in [2.45, 2.75) is 38.2 Å². The van der Waals surface area contributed by atoms with Crippen molar-refractivity contribution < 1.29 is 24.1 Å². The Labute approximate surface area is 223 Å². The van der Waals surface area contributed by atoms with Gasteiger partial charge in [-0.15, -0.1) is 0 Å². The van der Waals surface area contributed by atoms with Crippen molar-refractivity contribution >= 4 is 11.8 Å². The normalized spacial score (nSPS) is 15.5. The average Bonchev–Trinajstić information content (AvgIpc) is 3.59. The number of hydrogen-bond acceptors (Lipinski definition) is 7. The van der Waals surface area contributed by atoms with Gasteiger partial charge in [0.2, 0.25) is 0 Å². The van der Waals surface area contributed by atoms with E-state index >= 15 is 0 Å². The van der Waals surface area contributed by atoms with E-state index in [0.717, 1.165) is 5.56 Å². The van der Waals surface area contributed by atoms with Crippen molar-refractivity contribution in [2.24, 2.45) is 5.73 Å². The van der Waals surface area contributed by atoms with Crippen LogP contribution in [0.1, 0.15) is 32.7 Å². The Bertz CT molecular complexity index is 1490. The van der Waals surface area contributed by atoms with E-state index in [-0.39, 0.29) is 23.6 Å². The van der Waals surface area contributed by atoms with E-state index in [4.69, 9.17) is 5.73 Å². The number of benzene rings is 2. The van der Waals surface area contributed by atoms with E-state index in [1.807, 2.05) is 11.0 Å². The lowest BCUT2D eigenvalue weighted by Crippen LogP contribution is -3.16. The van der Waals surface area contributed by atoms with Gasteiger partial charge in [-0.3, -0.25) is 14.8 Å². The lowest BCUT2D eigenvalue weighted by molar-refractivity contribution is -0.792. The summed E-state index contributed by atoms with van der Waals surface area (Å²) >= 11 is 0. The number of carbonyl (C=O) groups excluding carboxylic acids is 2. The first-order chi connectivity index (χ1) is 18.8. The molecular weight excluding hydrogens is 503 g/mol. The summed E-state index contributed by atoms with van der Waals surface area (Å²) in [6, 6.07) is 17.2. The standard InChI is InChI=1S/C28H27FN6O4/c29-23-10-4-8-19-15-33(17-22(19)23)16-20-11-13-34(32-20)27-21(9-5-12-31-27)28(38)35(39)24(25(36)26(30)37)14-18-6-2-1-3-7-18/h1-13,24-25,35-36H,14-17H2,(H2,30,37). The number of rotatable bonds is 9. The van der Waals surface area contributed by atoms with E-state index in [0.29, 0.717) is 36.5 Å². The van der Waals surface area contributed by atoms with Crippen LogP contribution in [-0.2, 0) is 30.8 Å². The summed E-state index contributed by atoms with van der Waals surface area (Å²) in [6.45, 7) is 1.49. The molecule has 0 radical (unpaired) electrons. The molecule has 2 aromatic carbocycles. The summed E-state index contributed by atoms with van der Waals surface area (Å²) in [6.07, 6.45) is 1.21. The van der Waals surface area contributed by atoms with Crippen LogP contribution >= 0.6 is 0 Å². The molecule has 39 heavy (non-hydrogen) atoms. The molecule has 2 amide bonds. The molecule has 0 saturated carbocycles. The summed E-state index contributed by atoms with van der Waals surface area (Å²) in [4.78, 5) is 31.5. The van der Waals surface area contributed by atoms with Gasteiger partial charge in [-0.2, -0.15) is 5.10 Å². The highest BCUT2D eigenvalue weighted by atomic mass is 19.1. The minimum Gasteiger partial charge on any atom is -0.626 e. The van der Waals surface area contributed by atoms with Gasteiger partial charge < -0.3 is 16.0 Å². The molecule has 200 valence electrons. The van der Waals surface area contributed by atoms with E-state index in [9.17, 15) is 24.3 Å². The van der Waals surface area contributed by atoms with Crippen molar-refractivity contribution in [1.29, 1.82) is 0 Å². The van der Waals surface area contributed by atoms with Crippen LogP contribution in [0.3, 0.4) is 0 Å². The van der Waals surface area contributed by atoms with E-state index in [1.165, 1.54) is 29.1 Å². The van der Waals surface area contributed by atoms with Crippen molar-refractivity contribution in [3.63, 3.8) is 0 Å². The van der Waals surface area contributed by atoms with Crippen molar-refractivity contribution in [3.05, 3.63) is 118 Å². The van der Waals surface area contributed by atoms with E-state index in [2.05, 4.69) is 10.1 Å². The second-order valence-electron chi connectivity index (χ2n) is 9.49. The van der Waals surface area contributed by atoms with Crippen molar-refractivity contribution in [2.75, 3.05) is 0 Å². The molecule has 0 saturated heterocycles. The third-order valence-electron chi connectivity index (χ3n) is 6.80. The molecule has 1 aliphatic heterocycles. The van der Waals surface area contributed by atoms with Gasteiger partial charge in [0.05, 0.1) is 5.69 Å². The highest BCUT2D eigenvalue weighted by Gasteiger charge is 2.35. The number of primary amides is 1. The molecule has 3 atom stereocenters. The molecule has 3 heterocycles. The highest BCUT2D eigenvalue weighted by Crippen LogP contribution is 2.26. The van der Waals surface area contributed by atoms with Gasteiger partial charge >= 0.3 is 5.91 Å². The second-order valence-corrected chi connectivity index (χ2v) is 9.49. The number of aromatic nitrogens is 3. The number of amides is 2. The summed E-state index contributed by atoms with van der Waals surface area (Å²) in [7, 11) is 0. The van der Waals surface area contributed by atoms with Gasteiger partial charge in [0.1, 0.15) is 17.4 Å². The first-order valence-electron chi connectivity index (χ1n) is 12.4. The summed E-state index contributed by atoms with van der Waals surface area (Å²) in [5.41, 5.74) is 8.21. The zero-order valence-electron chi connectivity index (χ0n) is 20.9. The number of aliphatic hydroxyl groups is 1. The van der Waals surface area contributed by atoms with Crippen LogP contribution in [0, 0.1) is 11.0 Å². The number of nitrogens with two attached hydrogens (primary N) is 1. The van der Waals surface area contributed by atoms with Crippen molar-refractivity contribution in [1.82, 2.24) is 19.7 Å². The lowest BCUT2D eigenvalue weighted by Gasteiger charge is -2.31. The molecule has 1 aliphatic rings. The first kappa shape index (κ1) is 26.3. The number of fused-ring (bicyclic) bond motifs is 1. The molecule has 3 unspecified atom stereocenters. The third-order valence-corrected chi connectivity index (χ3v) is 6.80. The van der Waals surface area contributed by atoms with Crippen LogP contribution < -0.4 is 10.8 Å². The molecule has 11 heteroatoms. The lowest BCUT2D eigenvalue weighted by atomic mass is 10.00. The topological polar surface area (TPSA) is 142 Å². The number of nitrogens with zero attached hydrogens (tertiary/aromatic N) is 4. The Balaban J connectivity index is 1.36. The molecule has 5 rings (SSSR count). The molecule has 2 aromatic heterocycles. The fourth-order valence-corrected chi connectivity index (χ4v) is 4.83. The van der Waals surface area contributed by atoms with Gasteiger partial charge in [-0.05, 0) is 35.4 Å². The molecule has 10 nitrogen and oxygen atoms in total. The fourth-order valence-electron chi connectivity index (χ4n) is 4.83. The monoisotopic (exact) mass is 530 g/mol. The van der Waals surface area contributed by atoms with Crippen LogP contribution in [-0.4, -0.2) is 48.7 Å². The zero-order valence-corrected chi connectivity index (χ0v) is 20.9. The van der Waals surface area contributed by atoms with Crippen LogP contribution in [0.25, 0.3) is 5.82 Å². The molecule has 0 aliphatic carbocycles. The maximum atomic E-state index is 14.1. The number of aliphatic hydroxyl groups excluding tert-OH is 1. The number of carbonyl (C=O) groups is 2. The maximum absolute atomic E-state index is 14.1. The minimum absolute atomic E-state index is 0.0254. The Morgan fingerprint density at radius 2 is 1.87 bits per heavy atom. The maximum Gasteiger partial charge on any atom is 0.348 e. The van der Waals surface area contributed by atoms with Gasteiger partial charge in [0, 0.05) is 44.0 Å². The van der Waals surface area contributed by atoms with Gasteiger partial charge in [-0.25, -0.2) is 18.9 Å². The predicted octanol–water partition coefficient (Wildman–Crippen LogP) is 0.903. The number of pyridine rings is 1. The van der Waals surface area contributed by atoms with Crippen LogP contribution in [0.4, 0.5) is 4.39 Å². The summed E-state index contributed by atoms with van der Waals surface area (Å²) < 4.78 is 15.5. The first-order valence-corrected chi connectivity index (χ1v) is 12.4. The number of quaternary nitrogens is 1. The minimum atomic E-state index is -1.84. The predicted molar refractivity (Wildman–Crippen MR) is 139 cm³/mol. The van der Waals surface area contributed by atoms with E-state index in [1.54, 1.807) is 48.7 Å². The molecule has 0 fully saturated rings. The molecule has 4 aromatic rings. The molecular formula is C28H27FN6O4. The molecule has 4 N–H and O–H groups in total. The Kier molecular flexibility index (Phi) is 7.57. The third kappa shape index (κ3) is 5.61. The Morgan fingerprint density at radius 1 is 1.08 bits per heavy atom. The Morgan fingerprint density at radius 3 is 2.62 bits per heavy atom. The number of hydroxylamine groups is 2. The van der Waals surface area contributed by atoms with E-state index < -0.39 is 29.0 Å². The quantitative estimate of drug-likeness (QED) is 0.273. The smallest absolute Gasteiger partial charge is 0.348 e.